The van der Waals surface area contributed by atoms with Gasteiger partial charge in [0.05, 0.1) is 6.10 Å². The van der Waals surface area contributed by atoms with E-state index in [1.807, 2.05) is 6.92 Å². The van der Waals surface area contributed by atoms with Crippen LogP contribution in [-0.4, -0.2) is 24.9 Å². The zero-order valence-electron chi connectivity index (χ0n) is 9.83. The van der Waals surface area contributed by atoms with Gasteiger partial charge in [-0.05, 0) is 27.0 Å². The van der Waals surface area contributed by atoms with Gasteiger partial charge in [0.25, 0.3) is 0 Å². The molecule has 90 valence electrons. The van der Waals surface area contributed by atoms with E-state index in [9.17, 15) is 4.39 Å². The maximum Gasteiger partial charge on any atom is 0.131 e. The van der Waals surface area contributed by atoms with Crippen molar-refractivity contribution in [3.05, 3.63) is 29.6 Å². The van der Waals surface area contributed by atoms with Crippen molar-refractivity contribution < 1.29 is 14.2 Å². The van der Waals surface area contributed by atoms with E-state index in [1.54, 1.807) is 26.1 Å². The van der Waals surface area contributed by atoms with E-state index in [0.29, 0.717) is 11.3 Å². The van der Waals surface area contributed by atoms with Crippen molar-refractivity contribution in [1.29, 1.82) is 0 Å². The average Bonchev–Trinajstić information content (AvgIpc) is 2.25. The summed E-state index contributed by atoms with van der Waals surface area (Å²) >= 11 is 0. The van der Waals surface area contributed by atoms with Crippen molar-refractivity contribution in [1.82, 2.24) is 5.32 Å². The molecule has 1 aromatic carbocycles. The molecule has 2 unspecified atom stereocenters. The Morgan fingerprint density at radius 2 is 2.12 bits per heavy atom. The first-order chi connectivity index (χ1) is 7.54. The largest absolute Gasteiger partial charge is 0.491 e. The molecular weight excluding hydrogens is 209 g/mol. The lowest BCUT2D eigenvalue weighted by molar-refractivity contribution is 0.122. The molecule has 0 bridgehead atoms. The lowest BCUT2D eigenvalue weighted by Gasteiger charge is -2.13. The standard InChI is InChI=1S/C12H18FNO2/c1-8(15)7-16-10-4-5-11(9(2)14-3)12(13)6-10/h4-6,8-9,14-15H,7H2,1-3H3. The molecule has 0 amide bonds. The summed E-state index contributed by atoms with van der Waals surface area (Å²) in [5.41, 5.74) is 0.604. The SMILES string of the molecule is CNC(C)c1ccc(OCC(C)O)cc1F. The molecule has 0 fully saturated rings. The summed E-state index contributed by atoms with van der Waals surface area (Å²) in [5, 5.41) is 12.0. The predicted octanol–water partition coefficient (Wildman–Crippen LogP) is 1.87. The van der Waals surface area contributed by atoms with Crippen LogP contribution in [0.15, 0.2) is 18.2 Å². The molecule has 0 saturated heterocycles. The third-order valence-corrected chi connectivity index (χ3v) is 2.36. The molecule has 4 heteroatoms. The van der Waals surface area contributed by atoms with Crippen LogP contribution in [0.2, 0.25) is 0 Å². The van der Waals surface area contributed by atoms with Gasteiger partial charge >= 0.3 is 0 Å². The van der Waals surface area contributed by atoms with Gasteiger partial charge in [0.2, 0.25) is 0 Å². The van der Waals surface area contributed by atoms with E-state index in [4.69, 9.17) is 9.84 Å². The van der Waals surface area contributed by atoms with Gasteiger partial charge in [-0.15, -0.1) is 0 Å². The minimum absolute atomic E-state index is 0.0363. The van der Waals surface area contributed by atoms with Crippen LogP contribution < -0.4 is 10.1 Å². The lowest BCUT2D eigenvalue weighted by Crippen LogP contribution is -2.15. The molecule has 0 aliphatic heterocycles. The lowest BCUT2D eigenvalue weighted by atomic mass is 10.1. The van der Waals surface area contributed by atoms with Gasteiger partial charge in [-0.25, -0.2) is 4.39 Å². The van der Waals surface area contributed by atoms with Gasteiger partial charge in [0.15, 0.2) is 0 Å². The number of ether oxygens (including phenoxy) is 1. The van der Waals surface area contributed by atoms with Crippen molar-refractivity contribution in [2.75, 3.05) is 13.7 Å². The number of rotatable bonds is 5. The Balaban J connectivity index is 2.74. The highest BCUT2D eigenvalue weighted by molar-refractivity contribution is 5.30. The van der Waals surface area contributed by atoms with Crippen molar-refractivity contribution >= 4 is 0 Å². The first-order valence-electron chi connectivity index (χ1n) is 5.32. The molecule has 0 aliphatic rings. The van der Waals surface area contributed by atoms with E-state index in [-0.39, 0.29) is 18.5 Å². The van der Waals surface area contributed by atoms with Crippen molar-refractivity contribution in [3.8, 4) is 5.75 Å². The molecule has 3 nitrogen and oxygen atoms in total. The zero-order valence-corrected chi connectivity index (χ0v) is 9.83. The second-order valence-corrected chi connectivity index (χ2v) is 3.85. The first-order valence-corrected chi connectivity index (χ1v) is 5.32. The van der Waals surface area contributed by atoms with E-state index in [0.717, 1.165) is 0 Å². The van der Waals surface area contributed by atoms with Crippen LogP contribution in [0.5, 0.6) is 5.75 Å². The number of aliphatic hydroxyl groups excluding tert-OH is 1. The highest BCUT2D eigenvalue weighted by atomic mass is 19.1. The van der Waals surface area contributed by atoms with Crippen LogP contribution in [0.4, 0.5) is 4.39 Å². The van der Waals surface area contributed by atoms with Crippen molar-refractivity contribution in [2.24, 2.45) is 0 Å². The summed E-state index contributed by atoms with van der Waals surface area (Å²) < 4.78 is 18.8. The van der Waals surface area contributed by atoms with Crippen LogP contribution >= 0.6 is 0 Å². The molecule has 16 heavy (non-hydrogen) atoms. The molecule has 0 spiro atoms. The molecule has 0 aromatic heterocycles. The topological polar surface area (TPSA) is 41.5 Å². The molecular formula is C12H18FNO2. The fraction of sp³-hybridized carbons (Fsp3) is 0.500. The Bertz CT molecular complexity index is 342. The average molecular weight is 227 g/mol. The molecule has 0 aliphatic carbocycles. The first kappa shape index (κ1) is 12.9. The number of nitrogens with one attached hydrogen (secondary N) is 1. The highest BCUT2D eigenvalue weighted by Crippen LogP contribution is 2.21. The molecule has 0 saturated carbocycles. The fourth-order valence-corrected chi connectivity index (χ4v) is 1.32. The molecule has 0 radical (unpaired) electrons. The summed E-state index contributed by atoms with van der Waals surface area (Å²) in [6.45, 7) is 3.67. The van der Waals surface area contributed by atoms with Crippen molar-refractivity contribution in [3.63, 3.8) is 0 Å². The van der Waals surface area contributed by atoms with Gasteiger partial charge in [-0.3, -0.25) is 0 Å². The van der Waals surface area contributed by atoms with Gasteiger partial charge < -0.3 is 15.2 Å². The van der Waals surface area contributed by atoms with Gasteiger partial charge in [0, 0.05) is 17.7 Å². The maximum atomic E-state index is 13.6. The van der Waals surface area contributed by atoms with Crippen molar-refractivity contribution in [2.45, 2.75) is 26.0 Å². The van der Waals surface area contributed by atoms with Crippen LogP contribution in [-0.2, 0) is 0 Å². The Labute approximate surface area is 95.2 Å². The van der Waals surface area contributed by atoms with E-state index in [1.165, 1.54) is 6.07 Å². The van der Waals surface area contributed by atoms with E-state index < -0.39 is 6.10 Å². The number of aliphatic hydroxyl groups is 1. The summed E-state index contributed by atoms with van der Waals surface area (Å²) in [6.07, 6.45) is -0.557. The minimum Gasteiger partial charge on any atom is -0.491 e. The summed E-state index contributed by atoms with van der Waals surface area (Å²) in [7, 11) is 1.78. The molecule has 2 atom stereocenters. The van der Waals surface area contributed by atoms with E-state index >= 15 is 0 Å². The minimum atomic E-state index is -0.557. The fourth-order valence-electron chi connectivity index (χ4n) is 1.32. The van der Waals surface area contributed by atoms with Gasteiger partial charge in [-0.2, -0.15) is 0 Å². The summed E-state index contributed by atoms with van der Waals surface area (Å²) in [4.78, 5) is 0. The third kappa shape index (κ3) is 3.47. The zero-order chi connectivity index (χ0) is 12.1. The smallest absolute Gasteiger partial charge is 0.131 e. The summed E-state index contributed by atoms with van der Waals surface area (Å²) in [6, 6.07) is 4.69. The number of hydrogen-bond donors (Lipinski definition) is 2. The molecule has 0 heterocycles. The third-order valence-electron chi connectivity index (χ3n) is 2.36. The van der Waals surface area contributed by atoms with Gasteiger partial charge in [-0.1, -0.05) is 6.07 Å². The Morgan fingerprint density at radius 1 is 1.44 bits per heavy atom. The van der Waals surface area contributed by atoms with Crippen LogP contribution in [0.25, 0.3) is 0 Å². The Morgan fingerprint density at radius 3 is 2.62 bits per heavy atom. The maximum absolute atomic E-state index is 13.6. The predicted molar refractivity (Wildman–Crippen MR) is 61.1 cm³/mol. The quantitative estimate of drug-likeness (QED) is 0.806. The number of hydrogen-bond acceptors (Lipinski definition) is 3. The monoisotopic (exact) mass is 227 g/mol. The number of halogens is 1. The molecule has 2 N–H and O–H groups in total. The summed E-state index contributed by atoms with van der Waals surface area (Å²) in [5.74, 6) is 0.135. The molecule has 1 rings (SSSR count). The van der Waals surface area contributed by atoms with Crippen LogP contribution in [0.1, 0.15) is 25.5 Å². The van der Waals surface area contributed by atoms with E-state index in [2.05, 4.69) is 5.32 Å². The van der Waals surface area contributed by atoms with Crippen LogP contribution in [0, 0.1) is 5.82 Å². The second-order valence-electron chi connectivity index (χ2n) is 3.85. The number of benzene rings is 1. The molecule has 1 aromatic rings. The van der Waals surface area contributed by atoms with Crippen LogP contribution in [0.3, 0.4) is 0 Å². The van der Waals surface area contributed by atoms with Gasteiger partial charge in [0.1, 0.15) is 18.2 Å². The second kappa shape index (κ2) is 5.82. The Kier molecular flexibility index (Phi) is 4.71. The normalized spacial score (nSPS) is 14.6. The highest BCUT2D eigenvalue weighted by Gasteiger charge is 2.10. The Hall–Kier alpha value is -1.13.